The minimum Gasteiger partial charge on any atom is -0.267 e. The van der Waals surface area contributed by atoms with Crippen molar-refractivity contribution in [3.63, 3.8) is 0 Å². The van der Waals surface area contributed by atoms with Crippen LogP contribution in [0.3, 0.4) is 0 Å². The third kappa shape index (κ3) is 3.51. The SMILES string of the molecule is C/C(CC12C[C@@H]3C[C@H](CC(Br)(C3)C1)C2)=N\NC(=O)c1cc(C2CC2)nc2c1c(C)nn2C. The van der Waals surface area contributed by atoms with Crippen molar-refractivity contribution in [1.29, 1.82) is 0 Å². The summed E-state index contributed by atoms with van der Waals surface area (Å²) in [5.41, 5.74) is 7.54. The van der Waals surface area contributed by atoms with Crippen LogP contribution in [0.2, 0.25) is 0 Å². The van der Waals surface area contributed by atoms with Crippen molar-refractivity contribution in [1.82, 2.24) is 20.2 Å². The fraction of sp³-hybridized carbons (Fsp3) is 0.680. The molecule has 0 spiro atoms. The molecule has 1 amide bonds. The van der Waals surface area contributed by atoms with Gasteiger partial charge in [-0.3, -0.25) is 9.48 Å². The van der Waals surface area contributed by atoms with Crippen LogP contribution >= 0.6 is 15.9 Å². The molecule has 6 nitrogen and oxygen atoms in total. The average Bonchev–Trinajstić information content (AvgIpc) is 3.50. The van der Waals surface area contributed by atoms with E-state index in [0.29, 0.717) is 21.2 Å². The van der Waals surface area contributed by atoms with Crippen molar-refractivity contribution in [3.05, 3.63) is 23.0 Å². The molecule has 2 aromatic rings. The summed E-state index contributed by atoms with van der Waals surface area (Å²) in [6.45, 7) is 4.02. The molecule has 7 rings (SSSR count). The number of aromatic nitrogens is 3. The Labute approximate surface area is 197 Å². The molecular weight excluding hydrogens is 466 g/mol. The Bertz CT molecular complexity index is 1130. The van der Waals surface area contributed by atoms with E-state index in [0.717, 1.165) is 59.2 Å². The van der Waals surface area contributed by atoms with Gasteiger partial charge in [0.25, 0.3) is 5.91 Å². The molecule has 0 radical (unpaired) electrons. The molecule has 5 aliphatic carbocycles. The maximum atomic E-state index is 13.2. The van der Waals surface area contributed by atoms with Gasteiger partial charge in [0, 0.05) is 28.7 Å². The maximum absolute atomic E-state index is 13.2. The lowest BCUT2D eigenvalue weighted by atomic mass is 9.48. The van der Waals surface area contributed by atoms with Crippen LogP contribution in [-0.4, -0.2) is 30.7 Å². The van der Waals surface area contributed by atoms with Gasteiger partial charge in [-0.1, -0.05) is 15.9 Å². The van der Waals surface area contributed by atoms with Crippen LogP contribution in [0.25, 0.3) is 11.0 Å². The Morgan fingerprint density at radius 2 is 2.00 bits per heavy atom. The van der Waals surface area contributed by atoms with Crippen LogP contribution in [0.1, 0.15) is 92.4 Å². The third-order valence-corrected chi connectivity index (χ3v) is 9.25. The van der Waals surface area contributed by atoms with Crippen LogP contribution in [0, 0.1) is 24.2 Å². The number of halogens is 1. The highest BCUT2D eigenvalue weighted by Gasteiger charge is 2.56. The fourth-order valence-electron chi connectivity index (χ4n) is 7.56. The van der Waals surface area contributed by atoms with Crippen molar-refractivity contribution in [3.8, 4) is 0 Å². The molecule has 5 fully saturated rings. The summed E-state index contributed by atoms with van der Waals surface area (Å²) in [6, 6.07) is 1.96. The molecule has 170 valence electrons. The van der Waals surface area contributed by atoms with E-state index >= 15 is 0 Å². The summed E-state index contributed by atoms with van der Waals surface area (Å²) in [4.78, 5) is 18.0. The summed E-state index contributed by atoms with van der Waals surface area (Å²) in [5.74, 6) is 2.03. The topological polar surface area (TPSA) is 72.2 Å². The number of pyridine rings is 1. The van der Waals surface area contributed by atoms with Crippen molar-refractivity contribution in [2.45, 2.75) is 81.9 Å². The standard InChI is InChI=1S/C25H32BrN5O/c1-14(8-24-9-16-6-17(10-24)12-25(26,11-16)13-24)28-29-23(32)19-7-20(18-4-5-18)27-22-21(19)15(2)30-31(22)3/h7,16-18H,4-6,8-13H2,1-3H3,(H,29,32)/b28-14+/t16-,17-,24?,25?/m0/s1. The van der Waals surface area contributed by atoms with Gasteiger partial charge in [0.05, 0.1) is 16.6 Å². The van der Waals surface area contributed by atoms with Crippen molar-refractivity contribution in [2.24, 2.45) is 29.4 Å². The Balaban J connectivity index is 1.23. The quantitative estimate of drug-likeness (QED) is 0.342. The smallest absolute Gasteiger partial charge is 0.267 e. The fourth-order valence-corrected chi connectivity index (χ4v) is 9.07. The van der Waals surface area contributed by atoms with Gasteiger partial charge in [-0.15, -0.1) is 0 Å². The molecule has 1 N–H and O–H groups in total. The largest absolute Gasteiger partial charge is 0.272 e. The van der Waals surface area contributed by atoms with E-state index in [1.807, 2.05) is 20.0 Å². The minimum absolute atomic E-state index is 0.155. The summed E-state index contributed by atoms with van der Waals surface area (Å²) in [7, 11) is 1.89. The molecule has 0 saturated heterocycles. The second-order valence-corrected chi connectivity index (χ2v) is 13.0. The molecule has 0 unspecified atom stereocenters. The zero-order chi connectivity index (χ0) is 22.3. The molecule has 5 saturated carbocycles. The van der Waals surface area contributed by atoms with Gasteiger partial charge in [0.15, 0.2) is 5.65 Å². The first kappa shape index (κ1) is 20.8. The summed E-state index contributed by atoms with van der Waals surface area (Å²) < 4.78 is 2.13. The molecule has 0 aliphatic heterocycles. The van der Waals surface area contributed by atoms with Crippen molar-refractivity contribution < 1.29 is 4.79 Å². The molecule has 0 aromatic carbocycles. The average molecular weight is 498 g/mol. The molecule has 2 atom stereocenters. The molecular formula is C25H32BrN5O. The van der Waals surface area contributed by atoms with Crippen LogP contribution < -0.4 is 5.43 Å². The number of carbonyl (C=O) groups excluding carboxylic acids is 1. The summed E-state index contributed by atoms with van der Waals surface area (Å²) >= 11 is 4.11. The number of carbonyl (C=O) groups is 1. The normalized spacial score (nSPS) is 33.8. The second-order valence-electron chi connectivity index (χ2n) is 11.4. The monoisotopic (exact) mass is 497 g/mol. The number of hydrazone groups is 1. The zero-order valence-electron chi connectivity index (χ0n) is 19.2. The number of amides is 1. The van der Waals surface area contributed by atoms with Gasteiger partial charge in [0.1, 0.15) is 0 Å². The highest BCUT2D eigenvalue weighted by atomic mass is 79.9. The van der Waals surface area contributed by atoms with Gasteiger partial charge in [-0.05, 0) is 95.0 Å². The lowest BCUT2D eigenvalue weighted by Gasteiger charge is -2.60. The second kappa shape index (κ2) is 7.12. The molecule has 2 aromatic heterocycles. The lowest BCUT2D eigenvalue weighted by Crippen LogP contribution is -2.53. The van der Waals surface area contributed by atoms with E-state index in [1.54, 1.807) is 4.68 Å². The Morgan fingerprint density at radius 3 is 2.66 bits per heavy atom. The van der Waals surface area contributed by atoms with Gasteiger partial charge in [0.2, 0.25) is 0 Å². The van der Waals surface area contributed by atoms with E-state index in [1.165, 1.54) is 38.5 Å². The Hall–Kier alpha value is -1.76. The Kier molecular flexibility index (Phi) is 4.63. The number of nitrogens with zero attached hydrogens (tertiary/aromatic N) is 4. The summed E-state index contributed by atoms with van der Waals surface area (Å²) in [5, 5.41) is 9.94. The first-order valence-electron chi connectivity index (χ1n) is 12.1. The van der Waals surface area contributed by atoms with Gasteiger partial charge in [-0.2, -0.15) is 10.2 Å². The van der Waals surface area contributed by atoms with E-state index in [2.05, 4.69) is 38.5 Å². The number of alkyl halides is 1. The van der Waals surface area contributed by atoms with Crippen LogP contribution in [-0.2, 0) is 7.05 Å². The highest BCUT2D eigenvalue weighted by Crippen LogP contribution is 2.65. The van der Waals surface area contributed by atoms with Gasteiger partial charge < -0.3 is 0 Å². The van der Waals surface area contributed by atoms with E-state index in [4.69, 9.17) is 4.98 Å². The van der Waals surface area contributed by atoms with Crippen molar-refractivity contribution >= 4 is 38.6 Å². The minimum atomic E-state index is -0.155. The molecule has 2 heterocycles. The van der Waals surface area contributed by atoms with E-state index in [-0.39, 0.29) is 5.91 Å². The van der Waals surface area contributed by atoms with Gasteiger partial charge in [-0.25, -0.2) is 10.4 Å². The number of rotatable bonds is 5. The van der Waals surface area contributed by atoms with Crippen molar-refractivity contribution in [2.75, 3.05) is 0 Å². The molecule has 7 heteroatoms. The third-order valence-electron chi connectivity index (χ3n) is 8.32. The predicted octanol–water partition coefficient (Wildman–Crippen LogP) is 5.38. The molecule has 5 aliphatic rings. The van der Waals surface area contributed by atoms with E-state index < -0.39 is 0 Å². The van der Waals surface area contributed by atoms with Crippen LogP contribution in [0.15, 0.2) is 11.2 Å². The maximum Gasteiger partial charge on any atom is 0.272 e. The number of aryl methyl sites for hydroxylation is 2. The number of hydrogen-bond donors (Lipinski definition) is 1. The molecule has 32 heavy (non-hydrogen) atoms. The highest BCUT2D eigenvalue weighted by molar-refractivity contribution is 9.10. The number of hydrogen-bond acceptors (Lipinski definition) is 4. The summed E-state index contributed by atoms with van der Waals surface area (Å²) in [6.07, 6.45) is 11.3. The molecule has 4 bridgehead atoms. The van der Waals surface area contributed by atoms with Crippen LogP contribution in [0.4, 0.5) is 0 Å². The zero-order valence-corrected chi connectivity index (χ0v) is 20.8. The first-order valence-corrected chi connectivity index (χ1v) is 12.9. The lowest BCUT2D eigenvalue weighted by molar-refractivity contribution is -0.0303. The predicted molar refractivity (Wildman–Crippen MR) is 129 cm³/mol. The number of fused-ring (bicyclic) bond motifs is 1. The first-order chi connectivity index (χ1) is 15.2. The number of nitrogens with one attached hydrogen (secondary N) is 1. The van der Waals surface area contributed by atoms with E-state index in [9.17, 15) is 4.79 Å². The van der Waals surface area contributed by atoms with Crippen LogP contribution in [0.5, 0.6) is 0 Å². The Morgan fingerprint density at radius 1 is 1.28 bits per heavy atom. The van der Waals surface area contributed by atoms with Gasteiger partial charge >= 0.3 is 0 Å².